The fourth-order valence-electron chi connectivity index (χ4n) is 2.72. The van der Waals surface area contributed by atoms with Gasteiger partial charge in [0.05, 0.1) is 6.61 Å². The summed E-state index contributed by atoms with van der Waals surface area (Å²) in [4.78, 5) is 21.0. The van der Waals surface area contributed by atoms with Crippen molar-refractivity contribution >= 4 is 17.7 Å². The minimum atomic E-state index is -0.515. The minimum absolute atomic E-state index is 0.0593. The maximum absolute atomic E-state index is 12.0. The molecule has 6 heteroatoms. The van der Waals surface area contributed by atoms with E-state index in [-0.39, 0.29) is 17.4 Å². The largest absolute Gasteiger partial charge is 0.462 e. The van der Waals surface area contributed by atoms with Crippen molar-refractivity contribution in [3.05, 3.63) is 28.6 Å². The molecule has 122 valence electrons. The van der Waals surface area contributed by atoms with Crippen molar-refractivity contribution in [2.45, 2.75) is 56.9 Å². The summed E-state index contributed by atoms with van der Waals surface area (Å²) in [6, 6.07) is 3.98. The van der Waals surface area contributed by atoms with E-state index in [1.54, 1.807) is 18.7 Å². The van der Waals surface area contributed by atoms with E-state index in [1.165, 1.54) is 0 Å². The van der Waals surface area contributed by atoms with Crippen molar-refractivity contribution < 1.29 is 9.53 Å². The number of carbonyl (C=O) groups excluding carboxylic acids is 1. The van der Waals surface area contributed by atoms with Crippen molar-refractivity contribution in [2.75, 3.05) is 6.61 Å². The number of aryl methyl sites for hydroxylation is 2. The highest BCUT2D eigenvalue weighted by molar-refractivity contribution is 8.00. The van der Waals surface area contributed by atoms with Gasteiger partial charge in [-0.05, 0) is 51.7 Å². The van der Waals surface area contributed by atoms with E-state index < -0.39 is 5.97 Å². The van der Waals surface area contributed by atoms with E-state index in [2.05, 4.69) is 9.97 Å². The normalized spacial score (nSPS) is 19.8. The van der Waals surface area contributed by atoms with Gasteiger partial charge < -0.3 is 4.74 Å². The molecular weight excluding hydrogens is 310 g/mol. The van der Waals surface area contributed by atoms with Crippen LogP contribution in [0.15, 0.2) is 22.4 Å². The van der Waals surface area contributed by atoms with Crippen LogP contribution in [-0.2, 0) is 9.53 Å². The van der Waals surface area contributed by atoms with E-state index in [0.717, 1.165) is 42.6 Å². The molecule has 1 aliphatic carbocycles. The first-order chi connectivity index (χ1) is 11.0. The third kappa shape index (κ3) is 4.55. The maximum Gasteiger partial charge on any atom is 0.348 e. The summed E-state index contributed by atoms with van der Waals surface area (Å²) in [6.07, 6.45) is 3.74. The molecule has 1 atom stereocenters. The summed E-state index contributed by atoms with van der Waals surface area (Å²) < 4.78 is 5.03. The average Bonchev–Trinajstić information content (AvgIpc) is 2.49. The van der Waals surface area contributed by atoms with Crippen LogP contribution < -0.4 is 0 Å². The first-order valence-corrected chi connectivity index (χ1v) is 8.72. The molecule has 0 aromatic carbocycles. The highest BCUT2D eigenvalue weighted by atomic mass is 32.2. The highest BCUT2D eigenvalue weighted by Crippen LogP contribution is 2.37. The summed E-state index contributed by atoms with van der Waals surface area (Å²) in [6.45, 7) is 5.90. The zero-order valence-corrected chi connectivity index (χ0v) is 14.6. The highest BCUT2D eigenvalue weighted by Gasteiger charge is 2.27. The second-order valence-electron chi connectivity index (χ2n) is 5.52. The van der Waals surface area contributed by atoms with Crippen LogP contribution in [0.1, 0.15) is 44.0 Å². The monoisotopic (exact) mass is 331 g/mol. The number of ether oxygens (including phenoxy) is 1. The molecule has 1 aromatic heterocycles. The van der Waals surface area contributed by atoms with Crippen LogP contribution in [0, 0.1) is 25.2 Å². The van der Waals surface area contributed by atoms with Crippen molar-refractivity contribution in [1.82, 2.24) is 9.97 Å². The Morgan fingerprint density at radius 2 is 2.09 bits per heavy atom. The topological polar surface area (TPSA) is 75.9 Å². The number of hydrogen-bond donors (Lipinski definition) is 0. The zero-order chi connectivity index (χ0) is 16.8. The van der Waals surface area contributed by atoms with E-state index in [9.17, 15) is 10.1 Å². The number of carbonyl (C=O) groups is 1. The van der Waals surface area contributed by atoms with Crippen molar-refractivity contribution in [3.8, 4) is 6.07 Å². The molecule has 1 heterocycles. The molecule has 23 heavy (non-hydrogen) atoms. The molecule has 0 saturated heterocycles. The van der Waals surface area contributed by atoms with E-state index in [0.29, 0.717) is 5.16 Å². The Morgan fingerprint density at radius 3 is 2.70 bits per heavy atom. The van der Waals surface area contributed by atoms with Gasteiger partial charge in [0, 0.05) is 16.6 Å². The van der Waals surface area contributed by atoms with Gasteiger partial charge >= 0.3 is 5.97 Å². The van der Waals surface area contributed by atoms with E-state index >= 15 is 0 Å². The molecule has 0 bridgehead atoms. The van der Waals surface area contributed by atoms with Gasteiger partial charge in [-0.15, -0.1) is 0 Å². The average molecular weight is 331 g/mol. The van der Waals surface area contributed by atoms with Gasteiger partial charge in [-0.1, -0.05) is 18.2 Å². The zero-order valence-electron chi connectivity index (χ0n) is 13.8. The Bertz CT molecular complexity index is 644. The van der Waals surface area contributed by atoms with E-state index in [4.69, 9.17) is 4.74 Å². The second-order valence-corrected chi connectivity index (χ2v) is 6.69. The summed E-state index contributed by atoms with van der Waals surface area (Å²) in [5.41, 5.74) is 2.89. The molecule has 0 aliphatic heterocycles. The molecule has 0 amide bonds. The van der Waals surface area contributed by atoms with Gasteiger partial charge in [0.1, 0.15) is 11.6 Å². The predicted octanol–water partition coefficient (Wildman–Crippen LogP) is 3.51. The van der Waals surface area contributed by atoms with Gasteiger partial charge in [0.2, 0.25) is 0 Å². The maximum atomic E-state index is 12.0. The fraction of sp³-hybridized carbons (Fsp3) is 0.529. The van der Waals surface area contributed by atoms with Gasteiger partial charge in [-0.25, -0.2) is 14.8 Å². The van der Waals surface area contributed by atoms with Crippen molar-refractivity contribution in [3.63, 3.8) is 0 Å². The molecule has 0 spiro atoms. The van der Waals surface area contributed by atoms with Crippen LogP contribution in [0.2, 0.25) is 0 Å². The number of thioether (sulfide) groups is 1. The molecule has 1 saturated carbocycles. The Hall–Kier alpha value is -1.87. The van der Waals surface area contributed by atoms with Crippen molar-refractivity contribution in [1.29, 1.82) is 5.26 Å². The van der Waals surface area contributed by atoms with Crippen LogP contribution in [0.4, 0.5) is 0 Å². The van der Waals surface area contributed by atoms with Gasteiger partial charge in [-0.3, -0.25) is 0 Å². The molecule has 1 fully saturated rings. The van der Waals surface area contributed by atoms with Crippen LogP contribution in [0.25, 0.3) is 0 Å². The SMILES string of the molecule is CCOC(=O)C(C#N)=C1CCCCC1Sc1nc(C)cc(C)n1. The molecule has 1 aliphatic rings. The smallest absolute Gasteiger partial charge is 0.348 e. The third-order valence-electron chi connectivity index (χ3n) is 3.67. The Balaban J connectivity index is 2.30. The number of esters is 1. The first kappa shape index (κ1) is 17.5. The lowest BCUT2D eigenvalue weighted by Crippen LogP contribution is -2.19. The lowest BCUT2D eigenvalue weighted by atomic mass is 9.91. The quantitative estimate of drug-likeness (QED) is 0.364. The number of nitriles is 1. The Morgan fingerprint density at radius 1 is 1.39 bits per heavy atom. The van der Waals surface area contributed by atoms with Gasteiger partial charge in [0.25, 0.3) is 0 Å². The van der Waals surface area contributed by atoms with Crippen LogP contribution in [0.5, 0.6) is 0 Å². The molecule has 0 radical (unpaired) electrons. The summed E-state index contributed by atoms with van der Waals surface area (Å²) in [7, 11) is 0. The first-order valence-electron chi connectivity index (χ1n) is 7.84. The Labute approximate surface area is 141 Å². The number of rotatable bonds is 4. The number of nitrogens with zero attached hydrogens (tertiary/aromatic N) is 3. The standard InChI is InChI=1S/C17H21N3O2S/c1-4-22-16(21)14(10-18)13-7-5-6-8-15(13)23-17-19-11(2)9-12(3)20-17/h9,15H,4-8H2,1-3H3. The van der Waals surface area contributed by atoms with Crippen molar-refractivity contribution in [2.24, 2.45) is 0 Å². The second kappa shape index (κ2) is 8.11. The van der Waals surface area contributed by atoms with Crippen LogP contribution >= 0.6 is 11.8 Å². The predicted molar refractivity (Wildman–Crippen MR) is 88.9 cm³/mol. The Kier molecular flexibility index (Phi) is 6.17. The molecule has 1 aromatic rings. The van der Waals surface area contributed by atoms with Crippen LogP contribution in [0.3, 0.4) is 0 Å². The molecule has 2 rings (SSSR count). The van der Waals surface area contributed by atoms with E-state index in [1.807, 2.05) is 26.0 Å². The summed E-state index contributed by atoms with van der Waals surface area (Å²) in [5, 5.41) is 10.2. The number of aromatic nitrogens is 2. The summed E-state index contributed by atoms with van der Waals surface area (Å²) >= 11 is 1.54. The third-order valence-corrected chi connectivity index (χ3v) is 4.87. The molecule has 0 N–H and O–H groups in total. The number of hydrogen-bond acceptors (Lipinski definition) is 6. The van der Waals surface area contributed by atoms with Gasteiger partial charge in [0.15, 0.2) is 5.16 Å². The van der Waals surface area contributed by atoms with Crippen LogP contribution in [-0.4, -0.2) is 27.8 Å². The minimum Gasteiger partial charge on any atom is -0.462 e. The molecule has 5 nitrogen and oxygen atoms in total. The lowest BCUT2D eigenvalue weighted by Gasteiger charge is -2.25. The lowest BCUT2D eigenvalue weighted by molar-refractivity contribution is -0.138. The molecule has 1 unspecified atom stereocenters. The fourth-order valence-corrected chi connectivity index (χ4v) is 4.03. The van der Waals surface area contributed by atoms with Gasteiger partial charge in [-0.2, -0.15) is 5.26 Å². The molecular formula is C17H21N3O2S. The summed E-state index contributed by atoms with van der Waals surface area (Å²) in [5.74, 6) is -0.515.